The molecule has 18 heavy (non-hydrogen) atoms. The van der Waals surface area contributed by atoms with E-state index in [4.69, 9.17) is 0 Å². The van der Waals surface area contributed by atoms with Crippen LogP contribution in [0.4, 0.5) is 0 Å². The van der Waals surface area contributed by atoms with Gasteiger partial charge >= 0.3 is 0 Å². The molecule has 1 aromatic rings. The third-order valence-electron chi connectivity index (χ3n) is 3.15. The molecule has 0 spiro atoms. The molecular formula is C14H21ClN2O. The van der Waals surface area contributed by atoms with Crippen molar-refractivity contribution >= 4 is 18.3 Å². The van der Waals surface area contributed by atoms with Crippen LogP contribution in [0.1, 0.15) is 24.0 Å². The molecule has 1 saturated heterocycles. The smallest absolute Gasteiger partial charge is 0.224 e. The first kappa shape index (κ1) is 15.0. The average Bonchev–Trinajstić information content (AvgIpc) is 2.33. The Morgan fingerprint density at radius 2 is 2.11 bits per heavy atom. The third-order valence-corrected chi connectivity index (χ3v) is 3.15. The molecule has 0 bridgehead atoms. The summed E-state index contributed by atoms with van der Waals surface area (Å²) in [5, 5.41) is 6.38. The van der Waals surface area contributed by atoms with E-state index < -0.39 is 0 Å². The molecule has 1 atom stereocenters. The zero-order valence-electron chi connectivity index (χ0n) is 10.7. The van der Waals surface area contributed by atoms with E-state index in [1.165, 1.54) is 5.56 Å². The van der Waals surface area contributed by atoms with Crippen LogP contribution < -0.4 is 10.6 Å². The molecule has 1 aliphatic heterocycles. The number of benzene rings is 1. The second kappa shape index (κ2) is 7.39. The fourth-order valence-electron chi connectivity index (χ4n) is 2.15. The van der Waals surface area contributed by atoms with E-state index in [2.05, 4.69) is 17.6 Å². The van der Waals surface area contributed by atoms with Gasteiger partial charge in [-0.2, -0.15) is 0 Å². The van der Waals surface area contributed by atoms with E-state index in [0.717, 1.165) is 31.5 Å². The number of nitrogens with one attached hydrogen (secondary N) is 2. The highest BCUT2D eigenvalue weighted by Gasteiger charge is 2.15. The predicted octanol–water partition coefficient (Wildman–Crippen LogP) is 1.83. The topological polar surface area (TPSA) is 41.1 Å². The molecule has 1 aromatic carbocycles. The van der Waals surface area contributed by atoms with Gasteiger partial charge in [-0.15, -0.1) is 12.4 Å². The van der Waals surface area contributed by atoms with Crippen LogP contribution in [0.25, 0.3) is 0 Å². The Labute approximate surface area is 115 Å². The van der Waals surface area contributed by atoms with E-state index in [1.807, 2.05) is 24.3 Å². The Bertz CT molecular complexity index is 372. The SMILES string of the molecule is Cc1ccc(CC(=O)N[C@@H]2CCCNC2)cc1.Cl. The van der Waals surface area contributed by atoms with Gasteiger partial charge in [0.15, 0.2) is 0 Å². The van der Waals surface area contributed by atoms with Crippen LogP contribution in [0.15, 0.2) is 24.3 Å². The van der Waals surface area contributed by atoms with Crippen molar-refractivity contribution in [1.29, 1.82) is 0 Å². The maximum absolute atomic E-state index is 11.8. The highest BCUT2D eigenvalue weighted by atomic mass is 35.5. The van der Waals surface area contributed by atoms with Crippen molar-refractivity contribution in [3.8, 4) is 0 Å². The molecule has 0 aliphatic carbocycles. The number of carbonyl (C=O) groups excluding carboxylic acids is 1. The summed E-state index contributed by atoms with van der Waals surface area (Å²) in [5.41, 5.74) is 2.31. The summed E-state index contributed by atoms with van der Waals surface area (Å²) >= 11 is 0. The lowest BCUT2D eigenvalue weighted by Gasteiger charge is -2.23. The Morgan fingerprint density at radius 3 is 2.72 bits per heavy atom. The number of hydrogen-bond donors (Lipinski definition) is 2. The van der Waals surface area contributed by atoms with Crippen LogP contribution in [0, 0.1) is 6.92 Å². The van der Waals surface area contributed by atoms with Crippen LogP contribution in [0.5, 0.6) is 0 Å². The number of aryl methyl sites for hydroxylation is 1. The van der Waals surface area contributed by atoms with Gasteiger partial charge in [0.2, 0.25) is 5.91 Å². The van der Waals surface area contributed by atoms with Crippen molar-refractivity contribution < 1.29 is 4.79 Å². The largest absolute Gasteiger partial charge is 0.352 e. The molecule has 1 amide bonds. The van der Waals surface area contributed by atoms with Gasteiger partial charge in [-0.1, -0.05) is 29.8 Å². The quantitative estimate of drug-likeness (QED) is 0.878. The molecule has 1 heterocycles. The van der Waals surface area contributed by atoms with E-state index in [-0.39, 0.29) is 18.3 Å². The molecular weight excluding hydrogens is 248 g/mol. The lowest BCUT2D eigenvalue weighted by molar-refractivity contribution is -0.121. The highest BCUT2D eigenvalue weighted by molar-refractivity contribution is 5.85. The molecule has 100 valence electrons. The zero-order valence-corrected chi connectivity index (χ0v) is 11.6. The highest BCUT2D eigenvalue weighted by Crippen LogP contribution is 2.05. The molecule has 0 aromatic heterocycles. The Balaban J connectivity index is 0.00000162. The van der Waals surface area contributed by atoms with Crippen LogP contribution in [0.3, 0.4) is 0 Å². The van der Waals surface area contributed by atoms with Gasteiger partial charge in [0, 0.05) is 12.6 Å². The summed E-state index contributed by atoms with van der Waals surface area (Å²) in [7, 11) is 0. The normalized spacial score (nSPS) is 18.8. The number of carbonyl (C=O) groups is 1. The van der Waals surface area contributed by atoms with Crippen LogP contribution >= 0.6 is 12.4 Å². The van der Waals surface area contributed by atoms with E-state index in [1.54, 1.807) is 0 Å². The van der Waals surface area contributed by atoms with Gasteiger partial charge in [-0.05, 0) is 31.9 Å². The molecule has 0 radical (unpaired) electrons. The molecule has 3 nitrogen and oxygen atoms in total. The summed E-state index contributed by atoms with van der Waals surface area (Å²) in [4.78, 5) is 11.8. The Morgan fingerprint density at radius 1 is 1.39 bits per heavy atom. The van der Waals surface area contributed by atoms with Gasteiger partial charge in [-0.3, -0.25) is 4.79 Å². The molecule has 0 saturated carbocycles. The van der Waals surface area contributed by atoms with Crippen molar-refractivity contribution in [3.05, 3.63) is 35.4 Å². The van der Waals surface area contributed by atoms with Crippen LogP contribution in [-0.4, -0.2) is 25.0 Å². The minimum atomic E-state index is 0. The molecule has 4 heteroatoms. The lowest BCUT2D eigenvalue weighted by atomic mass is 10.1. The van der Waals surface area contributed by atoms with Crippen LogP contribution in [-0.2, 0) is 11.2 Å². The van der Waals surface area contributed by atoms with E-state index in [0.29, 0.717) is 12.5 Å². The number of amides is 1. The van der Waals surface area contributed by atoms with Crippen molar-refractivity contribution in [3.63, 3.8) is 0 Å². The van der Waals surface area contributed by atoms with Gasteiger partial charge in [0.1, 0.15) is 0 Å². The summed E-state index contributed by atoms with van der Waals surface area (Å²) in [6.07, 6.45) is 2.72. The van der Waals surface area contributed by atoms with Crippen molar-refractivity contribution in [1.82, 2.24) is 10.6 Å². The first-order chi connectivity index (χ1) is 8.24. The molecule has 0 unspecified atom stereocenters. The van der Waals surface area contributed by atoms with Gasteiger partial charge < -0.3 is 10.6 Å². The average molecular weight is 269 g/mol. The van der Waals surface area contributed by atoms with Crippen LogP contribution in [0.2, 0.25) is 0 Å². The lowest BCUT2D eigenvalue weighted by Crippen LogP contribution is -2.46. The Hall–Kier alpha value is -1.06. The predicted molar refractivity (Wildman–Crippen MR) is 76.2 cm³/mol. The number of piperidine rings is 1. The first-order valence-corrected chi connectivity index (χ1v) is 6.29. The summed E-state index contributed by atoms with van der Waals surface area (Å²) in [6, 6.07) is 8.44. The second-order valence-electron chi connectivity index (χ2n) is 4.77. The van der Waals surface area contributed by atoms with Crippen molar-refractivity contribution in [2.24, 2.45) is 0 Å². The van der Waals surface area contributed by atoms with E-state index in [9.17, 15) is 4.79 Å². The van der Waals surface area contributed by atoms with Gasteiger partial charge in [0.25, 0.3) is 0 Å². The van der Waals surface area contributed by atoms with Gasteiger partial charge in [-0.25, -0.2) is 0 Å². The summed E-state index contributed by atoms with van der Waals surface area (Å²) in [6.45, 7) is 4.03. The molecule has 1 fully saturated rings. The monoisotopic (exact) mass is 268 g/mol. The Kier molecular flexibility index (Phi) is 6.16. The van der Waals surface area contributed by atoms with Crippen molar-refractivity contribution in [2.45, 2.75) is 32.2 Å². The molecule has 2 N–H and O–H groups in total. The zero-order chi connectivity index (χ0) is 12.1. The summed E-state index contributed by atoms with van der Waals surface area (Å²) < 4.78 is 0. The standard InChI is InChI=1S/C14H20N2O.ClH/c1-11-4-6-12(7-5-11)9-14(17)16-13-3-2-8-15-10-13;/h4-7,13,15H,2-3,8-10H2,1H3,(H,16,17);1H/t13-;/m1./s1. The maximum Gasteiger partial charge on any atom is 0.224 e. The second-order valence-corrected chi connectivity index (χ2v) is 4.77. The third kappa shape index (κ3) is 4.67. The first-order valence-electron chi connectivity index (χ1n) is 6.29. The van der Waals surface area contributed by atoms with E-state index >= 15 is 0 Å². The number of rotatable bonds is 3. The summed E-state index contributed by atoms with van der Waals surface area (Å²) in [5.74, 6) is 0.127. The fraction of sp³-hybridized carbons (Fsp3) is 0.500. The maximum atomic E-state index is 11.8. The minimum absolute atomic E-state index is 0. The fourth-order valence-corrected chi connectivity index (χ4v) is 2.15. The van der Waals surface area contributed by atoms with Crippen molar-refractivity contribution in [2.75, 3.05) is 13.1 Å². The minimum Gasteiger partial charge on any atom is -0.352 e. The molecule has 1 aliphatic rings. The molecule has 2 rings (SSSR count). The number of hydrogen-bond acceptors (Lipinski definition) is 2. The van der Waals surface area contributed by atoms with Gasteiger partial charge in [0.05, 0.1) is 6.42 Å². The number of halogens is 1.